The Morgan fingerprint density at radius 1 is 0.620 bits per heavy atom. The average Bonchev–Trinajstić information content (AvgIpc) is 3.38. The van der Waals surface area contributed by atoms with E-state index >= 15 is 0 Å². The molecule has 0 aliphatic carbocycles. The second kappa shape index (κ2) is 38.9. The van der Waals surface area contributed by atoms with Crippen molar-refractivity contribution in [2.75, 3.05) is 45.9 Å². The molecule has 79 heavy (non-hydrogen) atoms. The Bertz CT molecular complexity index is 1980. The Kier molecular flexibility index (Phi) is 35.2. The van der Waals surface area contributed by atoms with Crippen molar-refractivity contribution in [3.8, 4) is 0 Å². The maximum Gasteiger partial charge on any atom is 0.245 e. The molecule has 0 aromatic rings. The van der Waals surface area contributed by atoms with Crippen LogP contribution >= 0.6 is 0 Å². The zero-order valence-electron chi connectivity index (χ0n) is 47.0. The molecule has 1 aliphatic rings. The second-order valence-corrected chi connectivity index (χ2v) is 20.9. The van der Waals surface area contributed by atoms with Crippen LogP contribution in [0.15, 0.2) is 0 Å². The predicted octanol–water partition coefficient (Wildman–Crippen LogP) is -4.47. The summed E-state index contributed by atoms with van der Waals surface area (Å²) in [6, 6.07) is -10.7. The minimum Gasteiger partial charge on any atom is -0.394 e. The van der Waals surface area contributed by atoms with Crippen molar-refractivity contribution in [2.45, 2.75) is 192 Å². The van der Waals surface area contributed by atoms with E-state index in [1.807, 2.05) is 0 Å². The van der Waals surface area contributed by atoms with Crippen molar-refractivity contribution in [3.05, 3.63) is 0 Å². The fraction of sp³-hybridized carbons (Fsp3) is 0.788. The molecule has 1 fully saturated rings. The van der Waals surface area contributed by atoms with Crippen LogP contribution in [0.2, 0.25) is 0 Å². The monoisotopic (exact) mass is 1130 g/mol. The number of carbonyl (C=O) groups is 11. The number of carbonyl (C=O) groups excluding carboxylic acids is 11. The lowest BCUT2D eigenvalue weighted by Crippen LogP contribution is -2.60. The molecular weight excluding hydrogens is 1030 g/mol. The summed E-state index contributed by atoms with van der Waals surface area (Å²) in [5, 5.41) is 51.7. The summed E-state index contributed by atoms with van der Waals surface area (Å²) in [4.78, 5) is 152. The van der Waals surface area contributed by atoms with Crippen molar-refractivity contribution in [1.29, 1.82) is 0 Å². The highest BCUT2D eigenvalue weighted by Crippen LogP contribution is 2.20. The number of ketones is 3. The van der Waals surface area contributed by atoms with Crippen molar-refractivity contribution in [2.24, 2.45) is 52.3 Å². The summed E-state index contributed by atoms with van der Waals surface area (Å²) in [6.07, 6.45) is -0.318. The zero-order valence-corrected chi connectivity index (χ0v) is 47.0. The minimum absolute atomic E-state index is 0.0567. The maximum atomic E-state index is 14.4. The normalized spacial score (nSPS) is 23.6. The van der Waals surface area contributed by atoms with Crippen LogP contribution in [0.5, 0.6) is 0 Å². The SMILES string of the molecule is CCCCCCCC(=O)C[C@@H](CCN)C(=O)N[C@H](C(=O)C[C@@H](CCN)C(=O)N[C@H]1CCNC(=O)[C@H]([C@@H](C)O)NC(=O)[C@H](CCN)NC(=O)[C@H](CCN)NC(=O)[C@H](CO)NC(=O)[C@@H](CC(C)C)CC(=O)[C@H](CCN)NC1=O)[C@@H](C)O. The fourth-order valence-corrected chi connectivity index (χ4v) is 9.02. The fourth-order valence-electron chi connectivity index (χ4n) is 9.02. The van der Waals surface area contributed by atoms with Gasteiger partial charge in [-0.05, 0) is 104 Å². The third-order valence-corrected chi connectivity index (χ3v) is 13.5. The molecule has 0 spiro atoms. The first-order valence-corrected chi connectivity index (χ1v) is 27.9. The molecule has 1 heterocycles. The lowest BCUT2D eigenvalue weighted by Gasteiger charge is -2.28. The third-order valence-electron chi connectivity index (χ3n) is 13.5. The van der Waals surface area contributed by atoms with Gasteiger partial charge in [-0.15, -0.1) is 0 Å². The van der Waals surface area contributed by atoms with Crippen LogP contribution in [-0.4, -0.2) is 180 Å². The summed E-state index contributed by atoms with van der Waals surface area (Å²) in [5.41, 5.74) is 29.1. The highest BCUT2D eigenvalue weighted by Gasteiger charge is 2.37. The zero-order chi connectivity index (χ0) is 59.8. The third kappa shape index (κ3) is 26.5. The first-order valence-electron chi connectivity index (χ1n) is 27.9. The van der Waals surface area contributed by atoms with E-state index in [2.05, 4.69) is 49.5 Å². The molecule has 452 valence electrons. The molecule has 8 amide bonds. The molecule has 0 aromatic carbocycles. The first-order chi connectivity index (χ1) is 37.4. The van der Waals surface area contributed by atoms with Gasteiger partial charge >= 0.3 is 0 Å². The molecule has 0 aromatic heterocycles. The number of Topliss-reactive ketones (excluding diaryl/α,β-unsaturated/α-hetero) is 3. The molecule has 0 saturated carbocycles. The molecule has 27 heteroatoms. The Morgan fingerprint density at radius 3 is 1.66 bits per heavy atom. The Morgan fingerprint density at radius 2 is 1.14 bits per heavy atom. The van der Waals surface area contributed by atoms with Gasteiger partial charge in [-0.25, -0.2) is 0 Å². The summed E-state index contributed by atoms with van der Waals surface area (Å²) in [6.45, 7) is 6.14. The highest BCUT2D eigenvalue weighted by molar-refractivity contribution is 5.99. The second-order valence-electron chi connectivity index (χ2n) is 20.9. The lowest BCUT2D eigenvalue weighted by molar-refractivity contribution is -0.137. The van der Waals surface area contributed by atoms with Crippen LogP contribution < -0.4 is 71.2 Å². The lowest BCUT2D eigenvalue weighted by atomic mass is 9.89. The first kappa shape index (κ1) is 71.5. The van der Waals surface area contributed by atoms with Crippen molar-refractivity contribution >= 4 is 64.6 Å². The molecule has 0 radical (unpaired) electrons. The van der Waals surface area contributed by atoms with E-state index in [0.717, 1.165) is 25.7 Å². The van der Waals surface area contributed by atoms with E-state index in [-0.39, 0.29) is 95.8 Å². The molecule has 12 atom stereocenters. The molecule has 1 rings (SSSR count). The molecular formula is C52H95N13O14. The van der Waals surface area contributed by atoms with Gasteiger partial charge in [-0.3, -0.25) is 52.7 Å². The Hall–Kier alpha value is -5.55. The van der Waals surface area contributed by atoms with Gasteiger partial charge in [0, 0.05) is 50.0 Å². The molecule has 1 aliphatic heterocycles. The van der Waals surface area contributed by atoms with Crippen molar-refractivity contribution in [1.82, 2.24) is 42.5 Å². The number of hydrogen-bond acceptors (Lipinski definition) is 19. The van der Waals surface area contributed by atoms with Gasteiger partial charge in [0.05, 0.1) is 24.9 Å². The van der Waals surface area contributed by atoms with Gasteiger partial charge in [0.25, 0.3) is 0 Å². The molecule has 0 unspecified atom stereocenters. The number of unbranched alkanes of at least 4 members (excludes halogenated alkanes) is 4. The average molecular weight is 1130 g/mol. The Labute approximate surface area is 464 Å². The number of rotatable bonds is 30. The van der Waals surface area contributed by atoms with Crippen LogP contribution in [0.4, 0.5) is 0 Å². The predicted molar refractivity (Wildman–Crippen MR) is 292 cm³/mol. The van der Waals surface area contributed by atoms with E-state index in [1.165, 1.54) is 13.8 Å². The minimum atomic E-state index is -1.68. The quantitative estimate of drug-likeness (QED) is 0.0302. The van der Waals surface area contributed by atoms with Gasteiger partial charge in [-0.2, -0.15) is 0 Å². The van der Waals surface area contributed by atoms with Gasteiger partial charge in [0.15, 0.2) is 11.6 Å². The van der Waals surface area contributed by atoms with Crippen LogP contribution in [0, 0.1) is 23.7 Å². The van der Waals surface area contributed by atoms with Crippen molar-refractivity contribution < 1.29 is 68.1 Å². The van der Waals surface area contributed by atoms with Gasteiger partial charge in [-0.1, -0.05) is 46.5 Å². The Balaban J connectivity index is 3.77. The van der Waals surface area contributed by atoms with Crippen molar-refractivity contribution in [3.63, 3.8) is 0 Å². The van der Waals surface area contributed by atoms with Gasteiger partial charge < -0.3 is 86.5 Å². The molecule has 0 bridgehead atoms. The molecule has 21 N–H and O–H groups in total. The van der Waals surface area contributed by atoms with E-state index < -0.39 is 163 Å². The van der Waals surface area contributed by atoms with E-state index in [0.29, 0.717) is 6.42 Å². The standard InChI is InChI=1S/C52H95N13O14/c1-6-7-8-9-10-11-35(69)25-32(12-18-53)46(73)64-43(30(4)67)42(71)26-33(13-19-54)45(72)60-39-17-23-58-52(79)44(31(5)68)65-50(77)38(16-22-57)61-48(75)37(15-21-56)62-51(78)40(28-66)63-47(74)34(24-29(2)3)27-41(70)36(14-20-55)59-49(39)76/h29-34,36-40,43-44,66-68H,6-28,53-57H2,1-5H3,(H,58,79)(H,59,76)(H,60,72)(H,61,75)(H,62,78)(H,63,74)(H,64,73)(H,65,77)/t30-,31-,32-,33-,34+,36+,37+,38+,39+,40+,43+,44+/m1/s1. The van der Waals surface area contributed by atoms with Crippen LogP contribution in [-0.2, 0) is 52.7 Å². The van der Waals surface area contributed by atoms with Crippen LogP contribution in [0.1, 0.15) is 137 Å². The number of aliphatic hydroxyl groups excluding tert-OH is 3. The number of nitrogens with two attached hydrogens (primary N) is 5. The number of aliphatic hydroxyl groups is 3. The molecule has 1 saturated heterocycles. The number of hydrogen-bond donors (Lipinski definition) is 16. The summed E-state index contributed by atoms with van der Waals surface area (Å²) in [5.74, 6) is -12.4. The van der Waals surface area contributed by atoms with E-state index in [1.54, 1.807) is 13.8 Å². The van der Waals surface area contributed by atoms with E-state index in [9.17, 15) is 68.1 Å². The van der Waals surface area contributed by atoms with Crippen LogP contribution in [0.25, 0.3) is 0 Å². The van der Waals surface area contributed by atoms with Gasteiger partial charge in [0.1, 0.15) is 42.0 Å². The largest absolute Gasteiger partial charge is 0.394 e. The topological polar surface area (TPSA) is 475 Å². The summed E-state index contributed by atoms with van der Waals surface area (Å²) >= 11 is 0. The molecule has 27 nitrogen and oxygen atoms in total. The van der Waals surface area contributed by atoms with Gasteiger partial charge in [0.2, 0.25) is 47.3 Å². The van der Waals surface area contributed by atoms with Crippen LogP contribution in [0.3, 0.4) is 0 Å². The summed E-state index contributed by atoms with van der Waals surface area (Å²) in [7, 11) is 0. The summed E-state index contributed by atoms with van der Waals surface area (Å²) < 4.78 is 0. The number of nitrogens with one attached hydrogen (secondary N) is 8. The maximum absolute atomic E-state index is 14.4. The van der Waals surface area contributed by atoms with E-state index in [4.69, 9.17) is 28.7 Å². The number of amides is 8. The smallest absolute Gasteiger partial charge is 0.245 e. The highest BCUT2D eigenvalue weighted by atomic mass is 16.3.